The number of nitrogens with zero attached hydrogens (tertiary/aromatic N) is 3. The van der Waals surface area contributed by atoms with Gasteiger partial charge in [-0.15, -0.1) is 0 Å². The van der Waals surface area contributed by atoms with Crippen LogP contribution >= 0.6 is 0 Å². The van der Waals surface area contributed by atoms with E-state index in [1.54, 1.807) is 60.9 Å². The van der Waals surface area contributed by atoms with Crippen LogP contribution in [0.5, 0.6) is 23.1 Å². The molecule has 0 radical (unpaired) electrons. The quantitative estimate of drug-likeness (QED) is 0.220. The molecule has 2 aromatic heterocycles. The number of aromatic nitrogens is 3. The Kier molecular flexibility index (Phi) is 9.13. The molecule has 39 heavy (non-hydrogen) atoms. The minimum atomic E-state index is -4.20. The molecule has 0 bridgehead atoms. The molecule has 0 spiro atoms. The summed E-state index contributed by atoms with van der Waals surface area (Å²) in [6.45, 7) is 1.65. The number of nitrogens with one attached hydrogen (secondary N) is 2. The van der Waals surface area contributed by atoms with Crippen LogP contribution in [-0.4, -0.2) is 48.8 Å². The zero-order valence-electron chi connectivity index (χ0n) is 21.5. The molecule has 2 aromatic carbocycles. The summed E-state index contributed by atoms with van der Waals surface area (Å²) in [6.07, 6.45) is 4.99. The lowest BCUT2D eigenvalue weighted by Gasteiger charge is -2.18. The van der Waals surface area contributed by atoms with E-state index in [2.05, 4.69) is 31.3 Å². The van der Waals surface area contributed by atoms with Crippen molar-refractivity contribution in [2.45, 2.75) is 19.8 Å². The number of hydrogen-bond donors (Lipinski definition) is 3. The summed E-state index contributed by atoms with van der Waals surface area (Å²) in [5.74, 6) is 0.426. The highest BCUT2D eigenvalue weighted by molar-refractivity contribution is 7.94. The molecule has 204 valence electrons. The average Bonchev–Trinajstić information content (AvgIpc) is 2.94. The lowest BCUT2D eigenvalue weighted by molar-refractivity contribution is 0.192. The molecule has 3 N–H and O–H groups in total. The molecule has 0 unspecified atom stereocenters. The number of rotatable bonds is 13. The number of pyridine rings is 1. The second-order valence-corrected chi connectivity index (χ2v) is 9.66. The highest BCUT2D eigenvalue weighted by Gasteiger charge is 2.24. The van der Waals surface area contributed by atoms with E-state index < -0.39 is 10.2 Å². The normalized spacial score (nSPS) is 11.1. The summed E-state index contributed by atoms with van der Waals surface area (Å²) in [5, 5.41) is 9.39. The van der Waals surface area contributed by atoms with Crippen molar-refractivity contribution in [2.24, 2.45) is 0 Å². The Bertz CT molecular complexity index is 1480. The van der Waals surface area contributed by atoms with Gasteiger partial charge in [0.05, 0.1) is 19.4 Å². The molecule has 0 atom stereocenters. The van der Waals surface area contributed by atoms with Crippen molar-refractivity contribution >= 4 is 21.7 Å². The smallest absolute Gasteiger partial charge is 0.322 e. The Morgan fingerprint density at radius 1 is 0.923 bits per heavy atom. The molecule has 0 amide bonds. The second kappa shape index (κ2) is 12.9. The number of para-hydroxylation sites is 2. The molecule has 0 aliphatic carbocycles. The summed E-state index contributed by atoms with van der Waals surface area (Å²) >= 11 is 0. The lowest BCUT2D eigenvalue weighted by atomic mass is 10.1. The van der Waals surface area contributed by atoms with E-state index >= 15 is 0 Å². The molecule has 4 aromatic rings. The van der Waals surface area contributed by atoms with Crippen LogP contribution in [0.25, 0.3) is 11.4 Å². The van der Waals surface area contributed by atoms with Crippen molar-refractivity contribution in [3.8, 4) is 34.5 Å². The van der Waals surface area contributed by atoms with E-state index in [0.29, 0.717) is 17.0 Å². The Morgan fingerprint density at radius 3 is 2.31 bits per heavy atom. The molecule has 0 saturated heterocycles. The van der Waals surface area contributed by atoms with Gasteiger partial charge in [0, 0.05) is 18.0 Å². The maximum absolute atomic E-state index is 13.2. The first-order valence-electron chi connectivity index (χ1n) is 12.2. The number of anilines is 2. The van der Waals surface area contributed by atoms with Crippen LogP contribution in [0.3, 0.4) is 0 Å². The van der Waals surface area contributed by atoms with Gasteiger partial charge in [-0.1, -0.05) is 37.6 Å². The molecule has 11 nitrogen and oxygen atoms in total. The molecular formula is C27H29N5O6S. The molecule has 0 aliphatic heterocycles. The van der Waals surface area contributed by atoms with E-state index in [-0.39, 0.29) is 42.2 Å². The first kappa shape index (κ1) is 27.6. The Balaban J connectivity index is 1.77. The monoisotopic (exact) mass is 551 g/mol. The van der Waals surface area contributed by atoms with Crippen molar-refractivity contribution in [1.82, 2.24) is 15.0 Å². The number of aliphatic hydroxyl groups is 1. The van der Waals surface area contributed by atoms with Crippen molar-refractivity contribution in [2.75, 3.05) is 29.8 Å². The third kappa shape index (κ3) is 7.33. The summed E-state index contributed by atoms with van der Waals surface area (Å²) in [7, 11) is -2.72. The number of aliphatic hydroxyl groups excluding tert-OH is 1. The average molecular weight is 552 g/mol. The fourth-order valence-corrected chi connectivity index (χ4v) is 4.50. The van der Waals surface area contributed by atoms with Gasteiger partial charge in [0.15, 0.2) is 23.1 Å². The van der Waals surface area contributed by atoms with E-state index in [9.17, 15) is 13.5 Å². The van der Waals surface area contributed by atoms with Crippen LogP contribution < -0.4 is 23.7 Å². The topological polar surface area (TPSA) is 145 Å². The maximum atomic E-state index is 13.2. The van der Waals surface area contributed by atoms with Gasteiger partial charge in [0.2, 0.25) is 5.75 Å². The van der Waals surface area contributed by atoms with Gasteiger partial charge in [0.25, 0.3) is 5.88 Å². The van der Waals surface area contributed by atoms with E-state index in [4.69, 9.17) is 14.2 Å². The van der Waals surface area contributed by atoms with Gasteiger partial charge in [-0.05, 0) is 48.4 Å². The number of hydrogen-bond acceptors (Lipinski definition) is 9. The van der Waals surface area contributed by atoms with Gasteiger partial charge in [0.1, 0.15) is 6.61 Å². The van der Waals surface area contributed by atoms with Crippen molar-refractivity contribution < 1.29 is 27.7 Å². The fraction of sp³-hybridized carbons (Fsp3) is 0.222. The van der Waals surface area contributed by atoms with Crippen LogP contribution in [-0.2, 0) is 16.6 Å². The van der Waals surface area contributed by atoms with Crippen LogP contribution in [0.1, 0.15) is 18.9 Å². The van der Waals surface area contributed by atoms with Gasteiger partial charge in [-0.25, -0.2) is 9.71 Å². The highest BCUT2D eigenvalue weighted by Crippen LogP contribution is 2.41. The van der Waals surface area contributed by atoms with Crippen LogP contribution in [0.4, 0.5) is 11.5 Å². The first-order chi connectivity index (χ1) is 18.9. The summed E-state index contributed by atoms with van der Waals surface area (Å²) in [4.78, 5) is 12.9. The van der Waals surface area contributed by atoms with Crippen molar-refractivity contribution in [1.29, 1.82) is 0 Å². The molecule has 12 heteroatoms. The standard InChI is InChI=1S/C27H29N5O6S/c1-3-6-19-9-11-21(12-10-19)31-39(34,35)32-26-24(38-23-8-5-4-7-22(23)36-2)27(37-18-17-33)30-25(29-26)20-13-15-28-16-14-20/h4-5,7-16,31,33H,3,6,17-18H2,1-2H3,(H,29,30,32). The summed E-state index contributed by atoms with van der Waals surface area (Å²) in [5.41, 5.74) is 2.03. The fourth-order valence-electron chi connectivity index (χ4n) is 3.61. The van der Waals surface area contributed by atoms with E-state index in [1.165, 1.54) is 7.11 Å². The zero-order valence-corrected chi connectivity index (χ0v) is 22.3. The van der Waals surface area contributed by atoms with Gasteiger partial charge in [-0.2, -0.15) is 13.4 Å². The summed E-state index contributed by atoms with van der Waals surface area (Å²) in [6, 6.07) is 17.3. The summed E-state index contributed by atoms with van der Waals surface area (Å²) < 4.78 is 48.5. The maximum Gasteiger partial charge on any atom is 0.322 e. The number of benzene rings is 2. The van der Waals surface area contributed by atoms with E-state index in [0.717, 1.165) is 18.4 Å². The third-order valence-electron chi connectivity index (χ3n) is 5.36. The minimum Gasteiger partial charge on any atom is -0.493 e. The van der Waals surface area contributed by atoms with Crippen molar-refractivity contribution in [3.63, 3.8) is 0 Å². The number of methoxy groups -OCH3 is 1. The van der Waals surface area contributed by atoms with Crippen molar-refractivity contribution in [3.05, 3.63) is 78.6 Å². The zero-order chi connectivity index (χ0) is 27.7. The predicted molar refractivity (Wildman–Crippen MR) is 148 cm³/mol. The molecule has 0 saturated carbocycles. The van der Waals surface area contributed by atoms with Gasteiger partial charge in [-0.3, -0.25) is 9.71 Å². The Hall–Kier alpha value is -4.42. The molecule has 0 aliphatic rings. The molecule has 2 heterocycles. The van der Waals surface area contributed by atoms with Crippen LogP contribution in [0.2, 0.25) is 0 Å². The highest BCUT2D eigenvalue weighted by atomic mass is 32.2. The van der Waals surface area contributed by atoms with Crippen LogP contribution in [0.15, 0.2) is 73.1 Å². The molecule has 4 rings (SSSR count). The predicted octanol–water partition coefficient (Wildman–Crippen LogP) is 4.43. The van der Waals surface area contributed by atoms with E-state index in [1.807, 2.05) is 12.1 Å². The molecular weight excluding hydrogens is 522 g/mol. The third-order valence-corrected chi connectivity index (χ3v) is 6.33. The minimum absolute atomic E-state index is 0.0848. The van der Waals surface area contributed by atoms with Gasteiger partial charge < -0.3 is 19.3 Å². The second-order valence-electron chi connectivity index (χ2n) is 8.25. The largest absolute Gasteiger partial charge is 0.493 e. The first-order valence-corrected chi connectivity index (χ1v) is 13.7. The Labute approximate surface area is 227 Å². The van der Waals surface area contributed by atoms with Gasteiger partial charge >= 0.3 is 10.2 Å². The SMILES string of the molecule is CCCc1ccc(NS(=O)(=O)Nc2nc(-c3ccncc3)nc(OCCO)c2Oc2ccccc2OC)cc1. The lowest BCUT2D eigenvalue weighted by Crippen LogP contribution is -2.23. The van der Waals surface area contributed by atoms with Crippen LogP contribution in [0, 0.1) is 0 Å². The number of ether oxygens (including phenoxy) is 3. The Morgan fingerprint density at radius 2 is 1.64 bits per heavy atom. The molecule has 0 fully saturated rings. The number of aryl methyl sites for hydroxylation is 1.